The van der Waals surface area contributed by atoms with Crippen molar-refractivity contribution in [2.45, 2.75) is 138 Å². The second-order valence-electron chi connectivity index (χ2n) is 21.1. The van der Waals surface area contributed by atoms with Crippen molar-refractivity contribution < 1.29 is 47.2 Å². The molecule has 1 saturated heterocycles. The SMILES string of the molecule is COC(=O)c1cc(OC)cc(C(CC[C@H]2OC(C)(C)O[C@@H]2C(/C=C\C[C@H](C)O[Si](c2ccccc2)(c2ccccc2)C(C)(C)C)OCc2ccc(OC)cc2)Sc2ccccc2)c1C(=O)OCC[Si](C)(C)C. The number of rotatable bonds is 24. The third-order valence-corrected chi connectivity index (χ3v) is 21.1. The van der Waals surface area contributed by atoms with Crippen molar-refractivity contribution in [3.05, 3.63) is 162 Å². The number of carbonyl (C=O) groups is 2. The van der Waals surface area contributed by atoms with E-state index in [0.29, 0.717) is 37.2 Å². The number of esters is 2. The van der Waals surface area contributed by atoms with Crippen LogP contribution >= 0.6 is 11.8 Å². The van der Waals surface area contributed by atoms with Crippen LogP contribution < -0.4 is 19.8 Å². The Morgan fingerprint density at radius 2 is 1.38 bits per heavy atom. The second kappa shape index (κ2) is 25.3. The van der Waals surface area contributed by atoms with Crippen molar-refractivity contribution in [3.8, 4) is 11.5 Å². The van der Waals surface area contributed by atoms with Gasteiger partial charge in [0, 0.05) is 24.3 Å². The largest absolute Gasteiger partial charge is 0.497 e. The summed E-state index contributed by atoms with van der Waals surface area (Å²) in [6, 6.07) is 43.5. The number of carbonyl (C=O) groups excluding carboxylic acids is 2. The Morgan fingerprint density at radius 3 is 1.93 bits per heavy atom. The average molecular weight is 1030 g/mol. The predicted molar refractivity (Wildman–Crippen MR) is 294 cm³/mol. The van der Waals surface area contributed by atoms with Crippen LogP contribution in [0.5, 0.6) is 11.5 Å². The fourth-order valence-electron chi connectivity index (χ4n) is 9.27. The molecule has 1 aliphatic rings. The molecule has 2 unspecified atom stereocenters. The lowest BCUT2D eigenvalue weighted by Gasteiger charge is -2.44. The van der Waals surface area contributed by atoms with Gasteiger partial charge in [0.15, 0.2) is 5.79 Å². The molecule has 0 saturated carbocycles. The molecular formula is C59H76O10SSi2. The van der Waals surface area contributed by atoms with Crippen LogP contribution in [-0.2, 0) is 34.7 Å². The number of thioether (sulfide) groups is 1. The molecule has 13 heteroatoms. The Bertz CT molecular complexity index is 2490. The summed E-state index contributed by atoms with van der Waals surface area (Å²) in [5.74, 6) is -0.978. The molecular weight excluding hydrogens is 957 g/mol. The zero-order valence-electron chi connectivity index (χ0n) is 44.4. The van der Waals surface area contributed by atoms with E-state index in [-0.39, 0.29) is 34.1 Å². The van der Waals surface area contributed by atoms with Crippen molar-refractivity contribution in [2.75, 3.05) is 27.9 Å². The fraction of sp³-hybridized carbons (Fsp3) is 0.424. The summed E-state index contributed by atoms with van der Waals surface area (Å²) < 4.78 is 50.5. The summed E-state index contributed by atoms with van der Waals surface area (Å²) in [6.07, 6.45) is 4.28. The van der Waals surface area contributed by atoms with Crippen molar-refractivity contribution >= 4 is 50.5 Å². The van der Waals surface area contributed by atoms with E-state index in [1.807, 2.05) is 74.5 Å². The standard InChI is InChI=1S/C59H76O10SSi2/c1-42(69-72(58(2,3)4,47-26-18-14-19-27-47)48-28-20-15-21-29-48)23-22-30-51(66-41-43-31-33-44(62-7)34-32-43)55-52(67-59(5,6)68-55)35-36-53(70-46-24-16-13-17-25-46)49-39-45(63-8)40-50(56(60)64-9)54(49)57(61)65-37-38-71(10,11)12/h13-22,24-34,39-40,42,51-53,55H,23,35-38,41H2,1-12H3/b30-22-/t42-,51?,52+,53?,55+/m0/s1. The number of hydrogen-bond donors (Lipinski definition) is 0. The quantitative estimate of drug-likeness (QED) is 0.0255. The number of hydrogen-bond acceptors (Lipinski definition) is 11. The van der Waals surface area contributed by atoms with Gasteiger partial charge in [0.2, 0.25) is 0 Å². The molecule has 72 heavy (non-hydrogen) atoms. The van der Waals surface area contributed by atoms with Crippen LogP contribution in [-0.4, -0.2) is 86.5 Å². The first kappa shape index (κ1) is 56.3. The molecule has 5 aromatic carbocycles. The van der Waals surface area contributed by atoms with Crippen LogP contribution in [0.4, 0.5) is 0 Å². The van der Waals surface area contributed by atoms with E-state index < -0.39 is 52.4 Å². The van der Waals surface area contributed by atoms with Gasteiger partial charge in [0.05, 0.1) is 51.8 Å². The molecule has 6 rings (SSSR count). The minimum atomic E-state index is -2.82. The van der Waals surface area contributed by atoms with Gasteiger partial charge in [-0.2, -0.15) is 0 Å². The molecule has 0 N–H and O–H groups in total. The van der Waals surface area contributed by atoms with Crippen LogP contribution in [0.25, 0.3) is 0 Å². The van der Waals surface area contributed by atoms with Crippen molar-refractivity contribution in [1.29, 1.82) is 0 Å². The first-order valence-corrected chi connectivity index (χ1v) is 31.5. The topological polar surface area (TPSA) is 108 Å². The van der Waals surface area contributed by atoms with Crippen LogP contribution in [0.1, 0.15) is 97.9 Å². The lowest BCUT2D eigenvalue weighted by atomic mass is 9.93. The highest BCUT2D eigenvalue weighted by molar-refractivity contribution is 7.99. The Hall–Kier alpha value is -5.00. The summed E-state index contributed by atoms with van der Waals surface area (Å²) in [4.78, 5) is 28.9. The van der Waals surface area contributed by atoms with E-state index >= 15 is 0 Å². The van der Waals surface area contributed by atoms with Crippen molar-refractivity contribution in [2.24, 2.45) is 0 Å². The van der Waals surface area contributed by atoms with Crippen LogP contribution in [0, 0.1) is 0 Å². The van der Waals surface area contributed by atoms with Gasteiger partial charge in [-0.3, -0.25) is 0 Å². The molecule has 0 bridgehead atoms. The van der Waals surface area contributed by atoms with Crippen molar-refractivity contribution in [3.63, 3.8) is 0 Å². The van der Waals surface area contributed by atoms with E-state index in [1.54, 1.807) is 32.0 Å². The lowest BCUT2D eigenvalue weighted by Crippen LogP contribution is -2.67. The van der Waals surface area contributed by atoms with E-state index in [2.05, 4.69) is 120 Å². The van der Waals surface area contributed by atoms with Gasteiger partial charge in [0.25, 0.3) is 8.32 Å². The van der Waals surface area contributed by atoms with Gasteiger partial charge in [-0.1, -0.05) is 144 Å². The minimum Gasteiger partial charge on any atom is -0.497 e. The van der Waals surface area contributed by atoms with E-state index in [9.17, 15) is 9.59 Å². The first-order valence-electron chi connectivity index (χ1n) is 25.0. The van der Waals surface area contributed by atoms with E-state index in [4.69, 9.17) is 37.6 Å². The summed E-state index contributed by atoms with van der Waals surface area (Å²) in [5.41, 5.74) is 1.85. The summed E-state index contributed by atoms with van der Waals surface area (Å²) in [5, 5.41) is 1.91. The molecule has 5 aromatic rings. The zero-order chi connectivity index (χ0) is 52.1. The molecule has 0 aromatic heterocycles. The normalized spacial score (nSPS) is 17.3. The monoisotopic (exact) mass is 1030 g/mol. The molecule has 1 heterocycles. The molecule has 386 valence electrons. The lowest BCUT2D eigenvalue weighted by molar-refractivity contribution is -0.156. The third-order valence-electron chi connectivity index (χ3n) is 12.9. The highest BCUT2D eigenvalue weighted by Gasteiger charge is 2.51. The Morgan fingerprint density at radius 1 is 0.778 bits per heavy atom. The van der Waals surface area contributed by atoms with Gasteiger partial charge in [-0.15, -0.1) is 11.8 Å². The molecule has 1 aliphatic heterocycles. The number of benzene rings is 5. The number of ether oxygens (including phenoxy) is 7. The second-order valence-corrected chi connectivity index (χ2v) is 32.2. The Kier molecular flexibility index (Phi) is 19.8. The maximum Gasteiger partial charge on any atom is 0.339 e. The van der Waals surface area contributed by atoms with E-state index in [0.717, 1.165) is 22.3 Å². The average Bonchev–Trinajstić information content (AvgIpc) is 3.68. The molecule has 0 aliphatic carbocycles. The Balaban J connectivity index is 1.35. The maximum atomic E-state index is 14.3. The minimum absolute atomic E-state index is 0.0910. The maximum absolute atomic E-state index is 14.3. The molecule has 0 amide bonds. The molecule has 5 atom stereocenters. The van der Waals surface area contributed by atoms with Gasteiger partial charge in [-0.05, 0) is 109 Å². The molecule has 1 fully saturated rings. The van der Waals surface area contributed by atoms with Crippen LogP contribution in [0.15, 0.2) is 144 Å². The Labute approximate surface area is 435 Å². The first-order chi connectivity index (χ1) is 34.3. The van der Waals surface area contributed by atoms with Crippen LogP contribution in [0.2, 0.25) is 30.7 Å². The van der Waals surface area contributed by atoms with Gasteiger partial charge in [0.1, 0.15) is 23.7 Å². The zero-order valence-corrected chi connectivity index (χ0v) is 47.2. The van der Waals surface area contributed by atoms with Gasteiger partial charge >= 0.3 is 11.9 Å². The predicted octanol–water partition coefficient (Wildman–Crippen LogP) is 12.6. The summed E-state index contributed by atoms with van der Waals surface area (Å²) in [7, 11) is 0.136. The van der Waals surface area contributed by atoms with E-state index in [1.165, 1.54) is 17.5 Å². The smallest absolute Gasteiger partial charge is 0.339 e. The highest BCUT2D eigenvalue weighted by Crippen LogP contribution is 2.45. The molecule has 10 nitrogen and oxygen atoms in total. The summed E-state index contributed by atoms with van der Waals surface area (Å²) >= 11 is 1.60. The fourth-order valence-corrected chi connectivity index (χ4v) is 15.9. The molecule has 0 radical (unpaired) electrons. The van der Waals surface area contributed by atoms with Gasteiger partial charge < -0.3 is 37.6 Å². The molecule has 0 spiro atoms. The summed E-state index contributed by atoms with van der Waals surface area (Å²) in [6.45, 7) is 20.1. The number of methoxy groups -OCH3 is 3. The van der Waals surface area contributed by atoms with Crippen LogP contribution in [0.3, 0.4) is 0 Å². The van der Waals surface area contributed by atoms with Gasteiger partial charge in [-0.25, -0.2) is 9.59 Å². The third kappa shape index (κ3) is 14.8. The van der Waals surface area contributed by atoms with Crippen molar-refractivity contribution in [1.82, 2.24) is 0 Å². The highest BCUT2D eigenvalue weighted by atomic mass is 32.2.